The van der Waals surface area contributed by atoms with Gasteiger partial charge in [0.1, 0.15) is 0 Å². The van der Waals surface area contributed by atoms with Gasteiger partial charge < -0.3 is 14.7 Å². The molecule has 1 aromatic heterocycles. The molecule has 17 heavy (non-hydrogen) atoms. The SMILES string of the molecule is Cc1cc(CNC(C)CN2CCCCC2)on1. The molecule has 4 heteroatoms. The first kappa shape index (κ1) is 12.6. The smallest absolute Gasteiger partial charge is 0.150 e. The molecule has 1 aliphatic heterocycles. The number of hydrogen-bond donors (Lipinski definition) is 1. The van der Waals surface area contributed by atoms with E-state index in [4.69, 9.17) is 4.52 Å². The molecular formula is C13H23N3O. The van der Waals surface area contributed by atoms with Crippen molar-refractivity contribution in [1.82, 2.24) is 15.4 Å². The molecule has 1 atom stereocenters. The van der Waals surface area contributed by atoms with Crippen LogP contribution in [0.25, 0.3) is 0 Å². The highest BCUT2D eigenvalue weighted by Gasteiger charge is 2.13. The molecule has 2 heterocycles. The van der Waals surface area contributed by atoms with Crippen LogP contribution < -0.4 is 5.32 Å². The van der Waals surface area contributed by atoms with Crippen LogP contribution in [-0.2, 0) is 6.54 Å². The molecule has 1 aromatic rings. The van der Waals surface area contributed by atoms with Crippen molar-refractivity contribution in [3.05, 3.63) is 17.5 Å². The van der Waals surface area contributed by atoms with Crippen LogP contribution in [0.4, 0.5) is 0 Å². The Morgan fingerprint density at radius 1 is 1.41 bits per heavy atom. The number of nitrogens with zero attached hydrogens (tertiary/aromatic N) is 2. The lowest BCUT2D eigenvalue weighted by molar-refractivity contribution is 0.207. The van der Waals surface area contributed by atoms with Gasteiger partial charge in [0.05, 0.1) is 12.2 Å². The maximum Gasteiger partial charge on any atom is 0.150 e. The summed E-state index contributed by atoms with van der Waals surface area (Å²) in [7, 11) is 0. The summed E-state index contributed by atoms with van der Waals surface area (Å²) in [6, 6.07) is 2.49. The van der Waals surface area contributed by atoms with E-state index in [-0.39, 0.29) is 0 Å². The molecular weight excluding hydrogens is 214 g/mol. The van der Waals surface area contributed by atoms with Gasteiger partial charge in [0.2, 0.25) is 0 Å². The van der Waals surface area contributed by atoms with E-state index in [1.807, 2.05) is 13.0 Å². The van der Waals surface area contributed by atoms with E-state index in [0.717, 1.165) is 24.5 Å². The maximum absolute atomic E-state index is 5.18. The molecule has 1 saturated heterocycles. The van der Waals surface area contributed by atoms with Crippen molar-refractivity contribution < 1.29 is 4.52 Å². The summed E-state index contributed by atoms with van der Waals surface area (Å²) in [6.07, 6.45) is 4.11. The minimum atomic E-state index is 0.499. The van der Waals surface area contributed by atoms with E-state index in [9.17, 15) is 0 Å². The fourth-order valence-electron chi connectivity index (χ4n) is 2.37. The lowest BCUT2D eigenvalue weighted by atomic mass is 10.1. The summed E-state index contributed by atoms with van der Waals surface area (Å²) in [4.78, 5) is 2.55. The minimum absolute atomic E-state index is 0.499. The molecule has 4 nitrogen and oxygen atoms in total. The van der Waals surface area contributed by atoms with E-state index in [2.05, 4.69) is 22.3 Å². The van der Waals surface area contributed by atoms with Gasteiger partial charge in [-0.25, -0.2) is 0 Å². The minimum Gasteiger partial charge on any atom is -0.360 e. The highest BCUT2D eigenvalue weighted by Crippen LogP contribution is 2.09. The third-order valence-electron chi connectivity index (χ3n) is 3.28. The second-order valence-corrected chi connectivity index (χ2v) is 5.08. The van der Waals surface area contributed by atoms with Crippen LogP contribution >= 0.6 is 0 Å². The average Bonchev–Trinajstić information content (AvgIpc) is 2.74. The topological polar surface area (TPSA) is 41.3 Å². The maximum atomic E-state index is 5.18. The average molecular weight is 237 g/mol. The number of rotatable bonds is 5. The Bertz CT molecular complexity index is 331. The van der Waals surface area contributed by atoms with Crippen molar-refractivity contribution in [2.45, 2.75) is 45.7 Å². The van der Waals surface area contributed by atoms with E-state index in [0.29, 0.717) is 6.04 Å². The molecule has 96 valence electrons. The number of hydrogen-bond acceptors (Lipinski definition) is 4. The van der Waals surface area contributed by atoms with Crippen LogP contribution in [-0.4, -0.2) is 35.7 Å². The molecule has 0 radical (unpaired) electrons. The van der Waals surface area contributed by atoms with Crippen LogP contribution in [0.2, 0.25) is 0 Å². The lowest BCUT2D eigenvalue weighted by Gasteiger charge is -2.29. The Balaban J connectivity index is 1.68. The third kappa shape index (κ3) is 4.13. The first-order valence-electron chi connectivity index (χ1n) is 6.62. The highest BCUT2D eigenvalue weighted by molar-refractivity contribution is 5.02. The van der Waals surface area contributed by atoms with E-state index < -0.39 is 0 Å². The molecule has 0 saturated carbocycles. The molecule has 1 N–H and O–H groups in total. The number of aromatic nitrogens is 1. The van der Waals surface area contributed by atoms with Crippen molar-refractivity contribution in [2.24, 2.45) is 0 Å². The lowest BCUT2D eigenvalue weighted by Crippen LogP contribution is -2.41. The van der Waals surface area contributed by atoms with Gasteiger partial charge in [-0.2, -0.15) is 0 Å². The number of piperidine rings is 1. The first-order valence-corrected chi connectivity index (χ1v) is 6.62. The van der Waals surface area contributed by atoms with Crippen LogP contribution in [0.15, 0.2) is 10.6 Å². The predicted molar refractivity (Wildman–Crippen MR) is 67.8 cm³/mol. The van der Waals surface area contributed by atoms with Crippen molar-refractivity contribution >= 4 is 0 Å². The fraction of sp³-hybridized carbons (Fsp3) is 0.769. The summed E-state index contributed by atoms with van der Waals surface area (Å²) >= 11 is 0. The molecule has 1 unspecified atom stereocenters. The second-order valence-electron chi connectivity index (χ2n) is 5.08. The quantitative estimate of drug-likeness (QED) is 0.850. The Kier molecular flexibility index (Phi) is 4.57. The summed E-state index contributed by atoms with van der Waals surface area (Å²) in [6.45, 7) is 8.60. The van der Waals surface area contributed by atoms with E-state index in [1.54, 1.807) is 0 Å². The molecule has 0 amide bonds. The Hall–Kier alpha value is -0.870. The van der Waals surface area contributed by atoms with Gasteiger partial charge in [0.25, 0.3) is 0 Å². The Morgan fingerprint density at radius 3 is 2.82 bits per heavy atom. The molecule has 2 rings (SSSR count). The zero-order valence-corrected chi connectivity index (χ0v) is 10.9. The van der Waals surface area contributed by atoms with Gasteiger partial charge in [0, 0.05) is 18.7 Å². The molecule has 0 spiro atoms. The summed E-state index contributed by atoms with van der Waals surface area (Å²) < 4.78 is 5.18. The number of likely N-dealkylation sites (tertiary alicyclic amines) is 1. The largest absolute Gasteiger partial charge is 0.360 e. The van der Waals surface area contributed by atoms with Crippen molar-refractivity contribution in [3.8, 4) is 0 Å². The standard InChI is InChI=1S/C13H23N3O/c1-11-8-13(17-15-11)9-14-12(2)10-16-6-4-3-5-7-16/h8,12,14H,3-7,9-10H2,1-2H3. The van der Waals surface area contributed by atoms with Crippen LogP contribution in [0.5, 0.6) is 0 Å². The molecule has 0 aromatic carbocycles. The van der Waals surface area contributed by atoms with Crippen molar-refractivity contribution in [2.75, 3.05) is 19.6 Å². The predicted octanol–water partition coefficient (Wildman–Crippen LogP) is 1.95. The van der Waals surface area contributed by atoms with E-state index in [1.165, 1.54) is 32.4 Å². The summed E-state index contributed by atoms with van der Waals surface area (Å²) in [5, 5.41) is 7.37. The monoisotopic (exact) mass is 237 g/mol. The summed E-state index contributed by atoms with van der Waals surface area (Å²) in [5.74, 6) is 0.924. The van der Waals surface area contributed by atoms with Crippen molar-refractivity contribution in [1.29, 1.82) is 0 Å². The van der Waals surface area contributed by atoms with Crippen LogP contribution in [0.1, 0.15) is 37.6 Å². The second kappa shape index (κ2) is 6.17. The molecule has 1 aliphatic rings. The number of aryl methyl sites for hydroxylation is 1. The van der Waals surface area contributed by atoms with Gasteiger partial charge in [-0.1, -0.05) is 11.6 Å². The zero-order valence-electron chi connectivity index (χ0n) is 10.9. The number of nitrogens with one attached hydrogen (secondary N) is 1. The normalized spacial score (nSPS) is 19.4. The third-order valence-corrected chi connectivity index (χ3v) is 3.28. The molecule has 0 bridgehead atoms. The fourth-order valence-corrected chi connectivity index (χ4v) is 2.37. The highest BCUT2D eigenvalue weighted by atomic mass is 16.5. The molecule has 0 aliphatic carbocycles. The van der Waals surface area contributed by atoms with Gasteiger partial charge in [0.15, 0.2) is 5.76 Å². The summed E-state index contributed by atoms with van der Waals surface area (Å²) in [5.41, 5.74) is 0.950. The van der Waals surface area contributed by atoms with Crippen LogP contribution in [0.3, 0.4) is 0 Å². The van der Waals surface area contributed by atoms with E-state index >= 15 is 0 Å². The Morgan fingerprint density at radius 2 is 2.18 bits per heavy atom. The Labute approximate surface area is 103 Å². The zero-order chi connectivity index (χ0) is 12.1. The molecule has 1 fully saturated rings. The van der Waals surface area contributed by atoms with Gasteiger partial charge in [-0.05, 0) is 39.8 Å². The first-order chi connectivity index (χ1) is 8.24. The van der Waals surface area contributed by atoms with Crippen LogP contribution in [0, 0.1) is 6.92 Å². The van der Waals surface area contributed by atoms with Crippen molar-refractivity contribution in [3.63, 3.8) is 0 Å². The van der Waals surface area contributed by atoms with Gasteiger partial charge in [-0.3, -0.25) is 0 Å². The van der Waals surface area contributed by atoms with Gasteiger partial charge in [-0.15, -0.1) is 0 Å². The van der Waals surface area contributed by atoms with Gasteiger partial charge >= 0.3 is 0 Å².